The van der Waals surface area contributed by atoms with Crippen LogP contribution < -0.4 is 10.2 Å². The minimum atomic E-state index is -0.246. The van der Waals surface area contributed by atoms with E-state index in [1.165, 1.54) is 6.26 Å². The van der Waals surface area contributed by atoms with Crippen LogP contribution in [0, 0.1) is 0 Å². The summed E-state index contributed by atoms with van der Waals surface area (Å²) in [5.74, 6) is 0.0582. The van der Waals surface area contributed by atoms with Gasteiger partial charge in [-0.25, -0.2) is 0 Å². The molecular formula is C13H14N2O2. The predicted octanol–water partition coefficient (Wildman–Crippen LogP) is 2.60. The SMILES string of the molecule is CN(C)c1ccccc1NC(=O)c1ccco1. The number of hydrogen-bond acceptors (Lipinski definition) is 3. The molecule has 0 spiro atoms. The zero-order valence-electron chi connectivity index (χ0n) is 9.81. The molecule has 0 aliphatic rings. The second-order valence-electron chi connectivity index (χ2n) is 3.84. The van der Waals surface area contributed by atoms with Crippen molar-refractivity contribution in [2.24, 2.45) is 0 Å². The molecule has 1 amide bonds. The fourth-order valence-corrected chi connectivity index (χ4v) is 1.56. The maximum Gasteiger partial charge on any atom is 0.291 e. The Balaban J connectivity index is 2.22. The van der Waals surface area contributed by atoms with Gasteiger partial charge >= 0.3 is 0 Å². The Labute approximate surface area is 99.8 Å². The number of amides is 1. The van der Waals surface area contributed by atoms with Crippen LogP contribution in [-0.4, -0.2) is 20.0 Å². The van der Waals surface area contributed by atoms with Crippen LogP contribution in [0.25, 0.3) is 0 Å². The number of carbonyl (C=O) groups is 1. The van der Waals surface area contributed by atoms with Crippen LogP contribution in [0.4, 0.5) is 11.4 Å². The van der Waals surface area contributed by atoms with Crippen LogP contribution in [0.5, 0.6) is 0 Å². The van der Waals surface area contributed by atoms with Gasteiger partial charge in [0.1, 0.15) is 0 Å². The van der Waals surface area contributed by atoms with E-state index < -0.39 is 0 Å². The fourth-order valence-electron chi connectivity index (χ4n) is 1.56. The van der Waals surface area contributed by atoms with Gasteiger partial charge in [0.2, 0.25) is 0 Å². The van der Waals surface area contributed by atoms with E-state index in [1.807, 2.05) is 43.3 Å². The van der Waals surface area contributed by atoms with E-state index in [-0.39, 0.29) is 5.91 Å². The highest BCUT2D eigenvalue weighted by Gasteiger charge is 2.11. The van der Waals surface area contributed by atoms with E-state index in [0.717, 1.165) is 11.4 Å². The Morgan fingerprint density at radius 3 is 2.59 bits per heavy atom. The summed E-state index contributed by atoms with van der Waals surface area (Å²) >= 11 is 0. The molecule has 0 saturated heterocycles. The summed E-state index contributed by atoms with van der Waals surface area (Å²) < 4.78 is 5.04. The van der Waals surface area contributed by atoms with Crippen molar-refractivity contribution in [2.45, 2.75) is 0 Å². The summed E-state index contributed by atoms with van der Waals surface area (Å²) in [4.78, 5) is 13.8. The third-order valence-electron chi connectivity index (χ3n) is 2.38. The molecule has 4 heteroatoms. The van der Waals surface area contributed by atoms with Gasteiger partial charge in [-0.3, -0.25) is 4.79 Å². The van der Waals surface area contributed by atoms with Crippen LogP contribution in [0.15, 0.2) is 47.1 Å². The third-order valence-corrected chi connectivity index (χ3v) is 2.38. The number of furan rings is 1. The molecule has 0 saturated carbocycles. The Morgan fingerprint density at radius 2 is 1.94 bits per heavy atom. The standard InChI is InChI=1S/C13H14N2O2/c1-15(2)11-7-4-3-6-10(11)14-13(16)12-8-5-9-17-12/h3-9H,1-2H3,(H,14,16). The third kappa shape index (κ3) is 2.47. The lowest BCUT2D eigenvalue weighted by Crippen LogP contribution is -2.16. The fraction of sp³-hybridized carbons (Fsp3) is 0.154. The number of para-hydroxylation sites is 2. The maximum absolute atomic E-state index is 11.8. The van der Waals surface area contributed by atoms with E-state index in [9.17, 15) is 4.79 Å². The van der Waals surface area contributed by atoms with Gasteiger partial charge in [-0.05, 0) is 24.3 Å². The first-order chi connectivity index (χ1) is 8.18. The van der Waals surface area contributed by atoms with Crippen molar-refractivity contribution in [2.75, 3.05) is 24.3 Å². The molecule has 88 valence electrons. The average Bonchev–Trinajstić information content (AvgIpc) is 2.83. The van der Waals surface area contributed by atoms with Crippen LogP contribution >= 0.6 is 0 Å². The van der Waals surface area contributed by atoms with Gasteiger partial charge in [0.25, 0.3) is 5.91 Å². The van der Waals surface area contributed by atoms with Gasteiger partial charge in [-0.15, -0.1) is 0 Å². The first-order valence-electron chi connectivity index (χ1n) is 5.29. The topological polar surface area (TPSA) is 45.5 Å². The molecule has 0 fully saturated rings. The molecule has 1 heterocycles. The van der Waals surface area contributed by atoms with Crippen LogP contribution in [0.1, 0.15) is 10.6 Å². The van der Waals surface area contributed by atoms with Gasteiger partial charge in [0.05, 0.1) is 17.6 Å². The van der Waals surface area contributed by atoms with Crippen molar-refractivity contribution in [3.8, 4) is 0 Å². The Bertz CT molecular complexity index is 504. The predicted molar refractivity (Wildman–Crippen MR) is 67.4 cm³/mol. The number of rotatable bonds is 3. The molecule has 2 rings (SSSR count). The molecule has 1 aromatic carbocycles. The number of anilines is 2. The molecule has 0 atom stereocenters. The van der Waals surface area contributed by atoms with E-state index in [1.54, 1.807) is 12.1 Å². The second kappa shape index (κ2) is 4.74. The van der Waals surface area contributed by atoms with Crippen LogP contribution in [0.3, 0.4) is 0 Å². The normalized spacial score (nSPS) is 10.0. The number of nitrogens with one attached hydrogen (secondary N) is 1. The minimum absolute atomic E-state index is 0.246. The lowest BCUT2D eigenvalue weighted by Gasteiger charge is -2.17. The van der Waals surface area contributed by atoms with Crippen LogP contribution in [-0.2, 0) is 0 Å². The first-order valence-corrected chi connectivity index (χ1v) is 5.29. The lowest BCUT2D eigenvalue weighted by molar-refractivity contribution is 0.0996. The lowest BCUT2D eigenvalue weighted by atomic mass is 10.2. The molecule has 0 aliphatic carbocycles. The largest absolute Gasteiger partial charge is 0.459 e. The van der Waals surface area contributed by atoms with Crippen molar-refractivity contribution in [1.29, 1.82) is 0 Å². The molecule has 1 N–H and O–H groups in total. The van der Waals surface area contributed by atoms with E-state index in [4.69, 9.17) is 4.42 Å². The molecular weight excluding hydrogens is 216 g/mol. The molecule has 17 heavy (non-hydrogen) atoms. The second-order valence-corrected chi connectivity index (χ2v) is 3.84. The summed E-state index contributed by atoms with van der Waals surface area (Å²) in [7, 11) is 3.86. The van der Waals surface area contributed by atoms with E-state index in [2.05, 4.69) is 5.32 Å². The quantitative estimate of drug-likeness (QED) is 0.881. The molecule has 0 bridgehead atoms. The highest BCUT2D eigenvalue weighted by atomic mass is 16.3. The molecule has 4 nitrogen and oxygen atoms in total. The highest BCUT2D eigenvalue weighted by molar-refractivity contribution is 6.04. The molecule has 1 aromatic heterocycles. The maximum atomic E-state index is 11.8. The smallest absolute Gasteiger partial charge is 0.291 e. The summed E-state index contributed by atoms with van der Waals surface area (Å²) in [6.45, 7) is 0. The van der Waals surface area contributed by atoms with Crippen molar-refractivity contribution in [3.05, 3.63) is 48.4 Å². The van der Waals surface area contributed by atoms with E-state index in [0.29, 0.717) is 5.76 Å². The summed E-state index contributed by atoms with van der Waals surface area (Å²) in [6, 6.07) is 10.9. The Morgan fingerprint density at radius 1 is 1.18 bits per heavy atom. The van der Waals surface area contributed by atoms with E-state index >= 15 is 0 Å². The monoisotopic (exact) mass is 230 g/mol. The van der Waals surface area contributed by atoms with Crippen molar-refractivity contribution in [3.63, 3.8) is 0 Å². The summed E-state index contributed by atoms with van der Waals surface area (Å²) in [6.07, 6.45) is 1.48. The molecule has 0 unspecified atom stereocenters. The van der Waals surface area contributed by atoms with Gasteiger partial charge in [0, 0.05) is 14.1 Å². The Hall–Kier alpha value is -2.23. The number of hydrogen-bond donors (Lipinski definition) is 1. The average molecular weight is 230 g/mol. The van der Waals surface area contributed by atoms with Gasteiger partial charge < -0.3 is 14.6 Å². The summed E-state index contributed by atoms with van der Waals surface area (Å²) in [5, 5.41) is 2.82. The van der Waals surface area contributed by atoms with Crippen LogP contribution in [0.2, 0.25) is 0 Å². The van der Waals surface area contributed by atoms with Gasteiger partial charge in [-0.2, -0.15) is 0 Å². The highest BCUT2D eigenvalue weighted by Crippen LogP contribution is 2.23. The molecule has 0 aliphatic heterocycles. The Kier molecular flexibility index (Phi) is 3.14. The van der Waals surface area contributed by atoms with Gasteiger partial charge in [0.15, 0.2) is 5.76 Å². The number of carbonyl (C=O) groups excluding carboxylic acids is 1. The zero-order chi connectivity index (χ0) is 12.3. The number of benzene rings is 1. The number of nitrogens with zero attached hydrogens (tertiary/aromatic N) is 1. The van der Waals surface area contributed by atoms with Crippen molar-refractivity contribution < 1.29 is 9.21 Å². The zero-order valence-corrected chi connectivity index (χ0v) is 9.81. The molecule has 2 aromatic rings. The van der Waals surface area contributed by atoms with Gasteiger partial charge in [-0.1, -0.05) is 12.1 Å². The van der Waals surface area contributed by atoms with Crippen molar-refractivity contribution in [1.82, 2.24) is 0 Å². The first kappa shape index (κ1) is 11.3. The summed E-state index contributed by atoms with van der Waals surface area (Å²) in [5.41, 5.74) is 1.71. The minimum Gasteiger partial charge on any atom is -0.459 e. The molecule has 0 radical (unpaired) electrons. The van der Waals surface area contributed by atoms with Crippen molar-refractivity contribution >= 4 is 17.3 Å².